The van der Waals surface area contributed by atoms with Crippen molar-refractivity contribution >= 4 is 6.08 Å². The Bertz CT molecular complexity index is 339. The lowest BCUT2D eigenvalue weighted by atomic mass is 10.1. The number of hydrogen-bond donors (Lipinski definition) is 0. The van der Waals surface area contributed by atoms with Gasteiger partial charge in [-0.2, -0.15) is 0 Å². The van der Waals surface area contributed by atoms with E-state index in [0.29, 0.717) is 5.56 Å². The summed E-state index contributed by atoms with van der Waals surface area (Å²) in [6.07, 6.45) is 10.6. The molecule has 0 saturated carbocycles. The predicted octanol–water partition coefficient (Wildman–Crippen LogP) is 5.12. The number of aryl methyl sites for hydroxylation is 1. The highest BCUT2D eigenvalue weighted by Gasteiger charge is 1.95. The molecule has 1 aromatic carbocycles. The second-order valence-electron chi connectivity index (χ2n) is 4.26. The third-order valence-electron chi connectivity index (χ3n) is 2.72. The number of rotatable bonds is 6. The summed E-state index contributed by atoms with van der Waals surface area (Å²) in [7, 11) is 0. The molecule has 0 radical (unpaired) electrons. The summed E-state index contributed by atoms with van der Waals surface area (Å²) >= 11 is 0. The maximum atomic E-state index is 13.0. The van der Waals surface area contributed by atoms with E-state index in [9.17, 15) is 4.39 Å². The standard InChI is InChI=1S/C15H21F/c1-3-4-5-6-7-8-9-14-10-11-15(16)13(2)12-14/h8-12H,3-7H2,1-2H3/b9-8-. The van der Waals surface area contributed by atoms with Gasteiger partial charge >= 0.3 is 0 Å². The molecule has 0 atom stereocenters. The molecular formula is C15H21F. The van der Waals surface area contributed by atoms with Crippen LogP contribution in [0.4, 0.5) is 4.39 Å². The van der Waals surface area contributed by atoms with Crippen LogP contribution in [0.15, 0.2) is 24.3 Å². The molecule has 16 heavy (non-hydrogen) atoms. The Morgan fingerprint density at radius 2 is 2.00 bits per heavy atom. The Morgan fingerprint density at radius 3 is 2.69 bits per heavy atom. The molecule has 0 bridgehead atoms. The molecule has 88 valence electrons. The number of unbranched alkanes of at least 4 members (excludes halogenated alkanes) is 4. The normalized spacial score (nSPS) is 11.2. The minimum atomic E-state index is -0.125. The van der Waals surface area contributed by atoms with Crippen LogP contribution >= 0.6 is 0 Å². The van der Waals surface area contributed by atoms with Gasteiger partial charge in [0.25, 0.3) is 0 Å². The van der Waals surface area contributed by atoms with E-state index >= 15 is 0 Å². The number of allylic oxidation sites excluding steroid dienone is 1. The highest BCUT2D eigenvalue weighted by molar-refractivity contribution is 5.50. The number of benzene rings is 1. The van der Waals surface area contributed by atoms with Crippen molar-refractivity contribution in [1.29, 1.82) is 0 Å². The maximum absolute atomic E-state index is 13.0. The molecule has 0 aliphatic heterocycles. The quantitative estimate of drug-likeness (QED) is 0.584. The molecule has 0 aliphatic rings. The Morgan fingerprint density at radius 1 is 1.19 bits per heavy atom. The lowest BCUT2D eigenvalue weighted by molar-refractivity contribution is 0.618. The van der Waals surface area contributed by atoms with Gasteiger partial charge in [-0.05, 0) is 43.0 Å². The zero-order valence-electron chi connectivity index (χ0n) is 10.3. The van der Waals surface area contributed by atoms with Crippen molar-refractivity contribution in [2.75, 3.05) is 0 Å². The van der Waals surface area contributed by atoms with Gasteiger partial charge in [-0.25, -0.2) is 4.39 Å². The van der Waals surface area contributed by atoms with E-state index in [1.54, 1.807) is 6.92 Å². The van der Waals surface area contributed by atoms with Gasteiger partial charge in [-0.1, -0.05) is 44.4 Å². The summed E-state index contributed by atoms with van der Waals surface area (Å²) in [6.45, 7) is 4.02. The van der Waals surface area contributed by atoms with E-state index in [4.69, 9.17) is 0 Å². The summed E-state index contributed by atoms with van der Waals surface area (Å²) in [6, 6.07) is 5.24. The summed E-state index contributed by atoms with van der Waals surface area (Å²) < 4.78 is 13.0. The highest BCUT2D eigenvalue weighted by atomic mass is 19.1. The van der Waals surface area contributed by atoms with Crippen LogP contribution in [0.3, 0.4) is 0 Å². The van der Waals surface area contributed by atoms with E-state index < -0.39 is 0 Å². The van der Waals surface area contributed by atoms with Gasteiger partial charge in [0, 0.05) is 0 Å². The van der Waals surface area contributed by atoms with Crippen LogP contribution < -0.4 is 0 Å². The monoisotopic (exact) mass is 220 g/mol. The summed E-state index contributed by atoms with van der Waals surface area (Å²) in [4.78, 5) is 0. The molecule has 0 heterocycles. The number of hydrogen-bond acceptors (Lipinski definition) is 0. The van der Waals surface area contributed by atoms with Crippen LogP contribution in [0.1, 0.15) is 50.2 Å². The third kappa shape index (κ3) is 4.61. The van der Waals surface area contributed by atoms with Gasteiger partial charge in [0.05, 0.1) is 0 Å². The smallest absolute Gasteiger partial charge is 0.126 e. The Kier molecular flexibility index (Phi) is 5.84. The maximum Gasteiger partial charge on any atom is 0.126 e. The topological polar surface area (TPSA) is 0 Å². The van der Waals surface area contributed by atoms with Gasteiger partial charge in [0.1, 0.15) is 5.82 Å². The Labute approximate surface area is 98.2 Å². The van der Waals surface area contributed by atoms with E-state index in [1.807, 2.05) is 12.1 Å². The van der Waals surface area contributed by atoms with Crippen molar-refractivity contribution in [3.8, 4) is 0 Å². The summed E-state index contributed by atoms with van der Waals surface area (Å²) in [5.74, 6) is -0.125. The fourth-order valence-electron chi connectivity index (χ4n) is 1.68. The SMILES string of the molecule is CCCCCC/C=C\c1ccc(F)c(C)c1. The van der Waals surface area contributed by atoms with Gasteiger partial charge < -0.3 is 0 Å². The average Bonchev–Trinajstić information content (AvgIpc) is 2.28. The second kappa shape index (κ2) is 7.21. The fraction of sp³-hybridized carbons (Fsp3) is 0.467. The zero-order valence-corrected chi connectivity index (χ0v) is 10.3. The number of halogens is 1. The predicted molar refractivity (Wildman–Crippen MR) is 68.9 cm³/mol. The summed E-state index contributed by atoms with van der Waals surface area (Å²) in [5.41, 5.74) is 1.81. The van der Waals surface area contributed by atoms with E-state index in [2.05, 4.69) is 19.1 Å². The molecule has 0 spiro atoms. The minimum absolute atomic E-state index is 0.125. The fourth-order valence-corrected chi connectivity index (χ4v) is 1.68. The molecule has 0 unspecified atom stereocenters. The zero-order chi connectivity index (χ0) is 11.8. The van der Waals surface area contributed by atoms with Crippen LogP contribution in [0.2, 0.25) is 0 Å². The van der Waals surface area contributed by atoms with Crippen LogP contribution in [0.5, 0.6) is 0 Å². The van der Waals surface area contributed by atoms with Crippen molar-refractivity contribution in [3.05, 3.63) is 41.2 Å². The van der Waals surface area contributed by atoms with Crippen molar-refractivity contribution in [3.63, 3.8) is 0 Å². The van der Waals surface area contributed by atoms with Crippen LogP contribution in [0.25, 0.3) is 6.08 Å². The van der Waals surface area contributed by atoms with Gasteiger partial charge in [0.15, 0.2) is 0 Å². The van der Waals surface area contributed by atoms with E-state index in [1.165, 1.54) is 31.7 Å². The van der Waals surface area contributed by atoms with Gasteiger partial charge in [-0.3, -0.25) is 0 Å². The average molecular weight is 220 g/mol. The molecule has 0 aliphatic carbocycles. The molecule has 0 saturated heterocycles. The minimum Gasteiger partial charge on any atom is -0.207 e. The summed E-state index contributed by atoms with van der Waals surface area (Å²) in [5, 5.41) is 0. The third-order valence-corrected chi connectivity index (χ3v) is 2.72. The first-order valence-corrected chi connectivity index (χ1v) is 6.16. The molecule has 1 heteroatoms. The van der Waals surface area contributed by atoms with E-state index in [0.717, 1.165) is 12.0 Å². The largest absolute Gasteiger partial charge is 0.207 e. The van der Waals surface area contributed by atoms with Crippen LogP contribution in [-0.2, 0) is 0 Å². The molecular weight excluding hydrogens is 199 g/mol. The molecule has 0 N–H and O–H groups in total. The van der Waals surface area contributed by atoms with Crippen LogP contribution in [-0.4, -0.2) is 0 Å². The first-order chi connectivity index (χ1) is 7.74. The van der Waals surface area contributed by atoms with Crippen molar-refractivity contribution in [2.24, 2.45) is 0 Å². The van der Waals surface area contributed by atoms with Crippen molar-refractivity contribution < 1.29 is 4.39 Å². The molecule has 1 aromatic rings. The van der Waals surface area contributed by atoms with Gasteiger partial charge in [-0.15, -0.1) is 0 Å². The van der Waals surface area contributed by atoms with Crippen molar-refractivity contribution in [2.45, 2.75) is 46.0 Å². The van der Waals surface area contributed by atoms with Crippen LogP contribution in [0, 0.1) is 12.7 Å². The van der Waals surface area contributed by atoms with Crippen molar-refractivity contribution in [1.82, 2.24) is 0 Å². The molecule has 0 nitrogen and oxygen atoms in total. The lowest BCUT2D eigenvalue weighted by Gasteiger charge is -1.98. The lowest BCUT2D eigenvalue weighted by Crippen LogP contribution is -1.82. The molecule has 0 amide bonds. The molecule has 0 fully saturated rings. The Balaban J connectivity index is 2.35. The Hall–Kier alpha value is -1.11. The van der Waals surface area contributed by atoms with Gasteiger partial charge in [0.2, 0.25) is 0 Å². The highest BCUT2D eigenvalue weighted by Crippen LogP contribution is 2.11. The van der Waals surface area contributed by atoms with E-state index in [-0.39, 0.29) is 5.82 Å². The first kappa shape index (κ1) is 13.0. The second-order valence-corrected chi connectivity index (χ2v) is 4.26. The first-order valence-electron chi connectivity index (χ1n) is 6.16. The molecule has 1 rings (SSSR count). The molecule has 0 aromatic heterocycles.